The summed E-state index contributed by atoms with van der Waals surface area (Å²) in [6.07, 6.45) is 3.43. The lowest BCUT2D eigenvalue weighted by Gasteiger charge is -2.21. The minimum Gasteiger partial charge on any atom is -0.471 e. The predicted molar refractivity (Wildman–Crippen MR) is 37.0 cm³/mol. The molecule has 0 spiro atoms. The minimum absolute atomic E-state index is 0.494. The molecule has 0 unspecified atom stereocenters. The van der Waals surface area contributed by atoms with Gasteiger partial charge in [0.25, 0.3) is 0 Å². The van der Waals surface area contributed by atoms with Gasteiger partial charge in [-0.3, -0.25) is 0 Å². The van der Waals surface area contributed by atoms with E-state index >= 15 is 0 Å². The molecule has 0 radical (unpaired) electrons. The molecule has 54 valence electrons. The second kappa shape index (κ2) is 3.51. The molecule has 9 heavy (non-hydrogen) atoms. The third kappa shape index (κ3) is 4.03. The summed E-state index contributed by atoms with van der Waals surface area (Å²) in [6.45, 7) is 5.60. The van der Waals surface area contributed by atoms with Crippen molar-refractivity contribution in [3.63, 3.8) is 0 Å². The van der Waals surface area contributed by atoms with E-state index in [0.29, 0.717) is 0 Å². The lowest BCUT2D eigenvalue weighted by Crippen LogP contribution is -2.23. The number of ether oxygens (including phenoxy) is 2. The molecular weight excluding hydrogens is 116 g/mol. The zero-order valence-electron chi connectivity index (χ0n) is 6.47. The summed E-state index contributed by atoms with van der Waals surface area (Å²) in [4.78, 5) is 0. The maximum atomic E-state index is 5.12. The number of allylic oxidation sites excluding steroid dienone is 1. The fraction of sp³-hybridized carbons (Fsp3) is 0.714. The molecule has 0 heterocycles. The van der Waals surface area contributed by atoms with Crippen molar-refractivity contribution in [2.45, 2.75) is 26.6 Å². The highest BCUT2D eigenvalue weighted by atomic mass is 16.7. The fourth-order valence-corrected chi connectivity index (χ4v) is 0.280. The van der Waals surface area contributed by atoms with E-state index in [1.807, 2.05) is 26.8 Å². The molecule has 0 bridgehead atoms. The van der Waals surface area contributed by atoms with Crippen LogP contribution in [0.5, 0.6) is 0 Å². The van der Waals surface area contributed by atoms with Crippen LogP contribution in [0.15, 0.2) is 12.3 Å². The van der Waals surface area contributed by atoms with Crippen LogP contribution in [-0.2, 0) is 9.47 Å². The second-order valence-corrected chi connectivity index (χ2v) is 2.19. The molecule has 0 N–H and O–H groups in total. The monoisotopic (exact) mass is 130 g/mol. The predicted octanol–water partition coefficient (Wildman–Crippen LogP) is 1.92. The van der Waals surface area contributed by atoms with Gasteiger partial charge in [-0.1, -0.05) is 6.08 Å². The zero-order valence-corrected chi connectivity index (χ0v) is 6.47. The van der Waals surface area contributed by atoms with E-state index in [1.54, 1.807) is 13.4 Å². The van der Waals surface area contributed by atoms with Crippen molar-refractivity contribution in [3.05, 3.63) is 12.3 Å². The van der Waals surface area contributed by atoms with Crippen molar-refractivity contribution in [1.29, 1.82) is 0 Å². The number of rotatable bonds is 3. The number of hydrogen-bond acceptors (Lipinski definition) is 2. The molecule has 0 saturated carbocycles. The Bertz CT molecular complexity index is 95.1. The van der Waals surface area contributed by atoms with Crippen molar-refractivity contribution in [1.82, 2.24) is 0 Å². The normalized spacial score (nSPS) is 12.4. The Kier molecular flexibility index (Phi) is 3.32. The molecule has 0 aromatic carbocycles. The van der Waals surface area contributed by atoms with Gasteiger partial charge in [0.1, 0.15) is 0 Å². The maximum Gasteiger partial charge on any atom is 0.203 e. The van der Waals surface area contributed by atoms with Crippen molar-refractivity contribution >= 4 is 0 Å². The van der Waals surface area contributed by atoms with Crippen LogP contribution in [0, 0.1) is 0 Å². The molecule has 2 nitrogen and oxygen atoms in total. The van der Waals surface area contributed by atoms with E-state index in [9.17, 15) is 0 Å². The fourth-order valence-electron chi connectivity index (χ4n) is 0.280. The number of hydrogen-bond donors (Lipinski definition) is 0. The SMILES string of the molecule is CC=COC(C)(C)OC. The summed E-state index contributed by atoms with van der Waals surface area (Å²) in [5.74, 6) is -0.494. The van der Waals surface area contributed by atoms with Crippen LogP contribution < -0.4 is 0 Å². The van der Waals surface area contributed by atoms with E-state index in [4.69, 9.17) is 9.47 Å². The Hall–Kier alpha value is -0.500. The van der Waals surface area contributed by atoms with Gasteiger partial charge in [0, 0.05) is 21.0 Å². The summed E-state index contributed by atoms with van der Waals surface area (Å²) in [7, 11) is 1.61. The summed E-state index contributed by atoms with van der Waals surface area (Å²) in [6, 6.07) is 0. The van der Waals surface area contributed by atoms with Gasteiger partial charge in [-0.05, 0) is 6.92 Å². The first-order valence-electron chi connectivity index (χ1n) is 2.96. The highest BCUT2D eigenvalue weighted by molar-refractivity contribution is 4.68. The minimum atomic E-state index is -0.494. The van der Waals surface area contributed by atoms with Crippen LogP contribution in [0.2, 0.25) is 0 Å². The molecule has 0 aromatic heterocycles. The topological polar surface area (TPSA) is 18.5 Å². The summed E-state index contributed by atoms with van der Waals surface area (Å²) in [5, 5.41) is 0. The molecule has 0 aliphatic heterocycles. The van der Waals surface area contributed by atoms with Gasteiger partial charge in [0.2, 0.25) is 5.79 Å². The lowest BCUT2D eigenvalue weighted by atomic mass is 10.4. The third-order valence-electron chi connectivity index (χ3n) is 0.980. The maximum absolute atomic E-state index is 5.12. The van der Waals surface area contributed by atoms with Crippen LogP contribution >= 0.6 is 0 Å². The van der Waals surface area contributed by atoms with Gasteiger partial charge in [-0.2, -0.15) is 0 Å². The highest BCUT2D eigenvalue weighted by Crippen LogP contribution is 2.08. The first-order chi connectivity index (χ1) is 4.12. The first kappa shape index (κ1) is 8.50. The molecule has 2 heteroatoms. The van der Waals surface area contributed by atoms with Crippen LogP contribution in [0.3, 0.4) is 0 Å². The number of methoxy groups -OCH3 is 1. The molecular formula is C7H14O2. The zero-order chi connectivity index (χ0) is 7.33. The van der Waals surface area contributed by atoms with Gasteiger partial charge in [0.05, 0.1) is 6.26 Å². The molecule has 0 aromatic rings. The quantitative estimate of drug-likeness (QED) is 0.429. The average molecular weight is 130 g/mol. The first-order valence-corrected chi connectivity index (χ1v) is 2.96. The Labute approximate surface area is 56.5 Å². The Morgan fingerprint density at radius 2 is 1.89 bits per heavy atom. The van der Waals surface area contributed by atoms with E-state index in [2.05, 4.69) is 0 Å². The van der Waals surface area contributed by atoms with Crippen molar-refractivity contribution < 1.29 is 9.47 Å². The van der Waals surface area contributed by atoms with Gasteiger partial charge >= 0.3 is 0 Å². The molecule has 0 atom stereocenters. The smallest absolute Gasteiger partial charge is 0.203 e. The molecule has 0 amide bonds. The molecule has 0 saturated heterocycles. The lowest BCUT2D eigenvalue weighted by molar-refractivity contribution is -0.161. The summed E-state index contributed by atoms with van der Waals surface area (Å²) >= 11 is 0. The summed E-state index contributed by atoms with van der Waals surface area (Å²) < 4.78 is 10.1. The summed E-state index contributed by atoms with van der Waals surface area (Å²) in [5.41, 5.74) is 0. The average Bonchev–Trinajstić information content (AvgIpc) is 1.84. The van der Waals surface area contributed by atoms with Gasteiger partial charge in [-0.15, -0.1) is 0 Å². The van der Waals surface area contributed by atoms with E-state index in [-0.39, 0.29) is 0 Å². The molecule has 0 aliphatic carbocycles. The van der Waals surface area contributed by atoms with E-state index < -0.39 is 5.79 Å². The second-order valence-electron chi connectivity index (χ2n) is 2.19. The van der Waals surface area contributed by atoms with E-state index in [0.717, 1.165) is 0 Å². The van der Waals surface area contributed by atoms with Gasteiger partial charge in [-0.25, -0.2) is 0 Å². The standard InChI is InChI=1S/C7H14O2/c1-5-6-9-7(2,3)8-4/h5-6H,1-4H3. The highest BCUT2D eigenvalue weighted by Gasteiger charge is 2.14. The largest absolute Gasteiger partial charge is 0.471 e. The van der Waals surface area contributed by atoms with Crippen LogP contribution in [0.4, 0.5) is 0 Å². The van der Waals surface area contributed by atoms with E-state index in [1.165, 1.54) is 0 Å². The van der Waals surface area contributed by atoms with Crippen molar-refractivity contribution in [2.24, 2.45) is 0 Å². The third-order valence-corrected chi connectivity index (χ3v) is 0.980. The van der Waals surface area contributed by atoms with Gasteiger partial charge < -0.3 is 9.47 Å². The van der Waals surface area contributed by atoms with Crippen LogP contribution in [0.25, 0.3) is 0 Å². The van der Waals surface area contributed by atoms with Gasteiger partial charge in [0.15, 0.2) is 0 Å². The van der Waals surface area contributed by atoms with Crippen molar-refractivity contribution in [2.75, 3.05) is 7.11 Å². The Balaban J connectivity index is 3.58. The molecule has 0 rings (SSSR count). The molecule has 0 fully saturated rings. The van der Waals surface area contributed by atoms with Crippen LogP contribution in [0.1, 0.15) is 20.8 Å². The Morgan fingerprint density at radius 3 is 2.22 bits per heavy atom. The molecule has 0 aliphatic rings. The van der Waals surface area contributed by atoms with Crippen molar-refractivity contribution in [3.8, 4) is 0 Å². The van der Waals surface area contributed by atoms with Crippen LogP contribution in [-0.4, -0.2) is 12.9 Å². The Morgan fingerprint density at radius 1 is 1.33 bits per heavy atom.